The number of rotatable bonds is 9. The summed E-state index contributed by atoms with van der Waals surface area (Å²) >= 11 is 0. The number of ether oxygens (including phenoxy) is 3. The molecule has 0 radical (unpaired) electrons. The van der Waals surface area contributed by atoms with Gasteiger partial charge in [0.25, 0.3) is 5.91 Å². The van der Waals surface area contributed by atoms with Crippen molar-refractivity contribution in [1.29, 1.82) is 0 Å². The molecule has 0 fully saturated rings. The molecule has 38 heavy (non-hydrogen) atoms. The smallest absolute Gasteiger partial charge is 0.493 e. The lowest BCUT2D eigenvalue weighted by Gasteiger charge is -2.23. The van der Waals surface area contributed by atoms with Crippen molar-refractivity contribution < 1.29 is 32.2 Å². The number of aryl methyl sites for hydroxylation is 2. The lowest BCUT2D eigenvalue weighted by Crippen LogP contribution is -2.29. The van der Waals surface area contributed by atoms with E-state index in [1.165, 1.54) is 30.8 Å². The van der Waals surface area contributed by atoms with Gasteiger partial charge in [0, 0.05) is 5.56 Å². The predicted octanol–water partition coefficient (Wildman–Crippen LogP) is 4.19. The summed E-state index contributed by atoms with van der Waals surface area (Å²) in [6.07, 6.45) is 1.69. The summed E-state index contributed by atoms with van der Waals surface area (Å²) in [5.41, 5.74) is 6.74. The van der Waals surface area contributed by atoms with Gasteiger partial charge in [0.05, 0.1) is 38.9 Å². The maximum atomic E-state index is 12.5. The molecule has 1 N–H and O–H groups in total. The van der Waals surface area contributed by atoms with Gasteiger partial charge in [-0.1, -0.05) is 18.2 Å². The number of nitrogens with zero attached hydrogens (tertiary/aromatic N) is 2. The van der Waals surface area contributed by atoms with Gasteiger partial charge in [0.2, 0.25) is 10.0 Å². The summed E-state index contributed by atoms with van der Waals surface area (Å²) < 4.78 is 40.9. The Morgan fingerprint density at radius 2 is 1.66 bits per heavy atom. The molecule has 11 heteroatoms. The van der Waals surface area contributed by atoms with Crippen LogP contribution in [0.3, 0.4) is 0 Å². The minimum atomic E-state index is -3.53. The van der Waals surface area contributed by atoms with Crippen molar-refractivity contribution >= 4 is 34.0 Å². The Morgan fingerprint density at radius 1 is 0.947 bits per heavy atom. The standard InChI is InChI=1S/C27H29N3O7S/c1-18-6-12-23(14-19(18)2)30(38(5,33)34)17-20-7-10-22(11-8-20)26(31)29-28-16-21-9-13-24(25(15-21)35-3)37-27(32)36-4/h6-16H,17H2,1-5H3,(H,29,31)/b28-16-. The number of carbonyl (C=O) groups is 2. The third kappa shape index (κ3) is 7.32. The molecular weight excluding hydrogens is 510 g/mol. The molecule has 1 amide bonds. The summed E-state index contributed by atoms with van der Waals surface area (Å²) in [7, 11) is -0.914. The summed E-state index contributed by atoms with van der Waals surface area (Å²) in [6, 6.07) is 16.8. The normalized spacial score (nSPS) is 11.2. The van der Waals surface area contributed by atoms with Crippen LogP contribution in [0.2, 0.25) is 0 Å². The summed E-state index contributed by atoms with van der Waals surface area (Å²) in [4.78, 5) is 23.8. The molecule has 3 aromatic carbocycles. The van der Waals surface area contributed by atoms with Crippen LogP contribution in [0.1, 0.15) is 32.6 Å². The molecule has 0 aromatic heterocycles. The van der Waals surface area contributed by atoms with E-state index in [4.69, 9.17) is 9.47 Å². The molecule has 0 aliphatic carbocycles. The van der Waals surface area contributed by atoms with Crippen LogP contribution in [0, 0.1) is 13.8 Å². The van der Waals surface area contributed by atoms with Crippen molar-refractivity contribution in [2.75, 3.05) is 24.8 Å². The molecular formula is C27H29N3O7S. The lowest BCUT2D eigenvalue weighted by atomic mass is 10.1. The van der Waals surface area contributed by atoms with Crippen LogP contribution in [0.4, 0.5) is 10.5 Å². The van der Waals surface area contributed by atoms with Gasteiger partial charge in [-0.3, -0.25) is 9.10 Å². The highest BCUT2D eigenvalue weighted by molar-refractivity contribution is 7.92. The van der Waals surface area contributed by atoms with E-state index < -0.39 is 22.1 Å². The van der Waals surface area contributed by atoms with Crippen LogP contribution < -0.4 is 19.2 Å². The predicted molar refractivity (Wildman–Crippen MR) is 144 cm³/mol. The second-order valence-electron chi connectivity index (χ2n) is 8.40. The molecule has 200 valence electrons. The van der Waals surface area contributed by atoms with Gasteiger partial charge in [-0.2, -0.15) is 5.10 Å². The van der Waals surface area contributed by atoms with Crippen LogP contribution in [0.5, 0.6) is 11.5 Å². The maximum Gasteiger partial charge on any atom is 0.513 e. The Balaban J connectivity index is 1.67. The lowest BCUT2D eigenvalue weighted by molar-refractivity contribution is 0.0954. The molecule has 0 atom stereocenters. The van der Waals surface area contributed by atoms with Crippen molar-refractivity contribution in [2.24, 2.45) is 5.10 Å². The first-order valence-corrected chi connectivity index (χ1v) is 13.3. The highest BCUT2D eigenvalue weighted by atomic mass is 32.2. The Kier molecular flexibility index (Phi) is 9.08. The van der Waals surface area contributed by atoms with Gasteiger partial charge in [-0.05, 0) is 78.6 Å². The maximum absolute atomic E-state index is 12.5. The zero-order chi connectivity index (χ0) is 27.9. The largest absolute Gasteiger partial charge is 0.513 e. The van der Waals surface area contributed by atoms with Crippen molar-refractivity contribution in [3.63, 3.8) is 0 Å². The van der Waals surface area contributed by atoms with Crippen molar-refractivity contribution in [3.8, 4) is 11.5 Å². The van der Waals surface area contributed by atoms with E-state index in [9.17, 15) is 18.0 Å². The van der Waals surface area contributed by atoms with Crippen LogP contribution in [0.15, 0.2) is 65.8 Å². The average molecular weight is 540 g/mol. The number of nitrogens with one attached hydrogen (secondary N) is 1. The molecule has 10 nitrogen and oxygen atoms in total. The van der Waals surface area contributed by atoms with Crippen molar-refractivity contribution in [2.45, 2.75) is 20.4 Å². The number of hydrogen-bond donors (Lipinski definition) is 1. The van der Waals surface area contributed by atoms with E-state index in [1.54, 1.807) is 42.5 Å². The summed E-state index contributed by atoms with van der Waals surface area (Å²) in [6.45, 7) is 4.02. The Bertz CT molecular complexity index is 1450. The highest BCUT2D eigenvalue weighted by Gasteiger charge is 2.19. The SMILES string of the molecule is COC(=O)Oc1ccc(/C=N\NC(=O)c2ccc(CN(c3ccc(C)c(C)c3)S(C)(=O)=O)cc2)cc1OC. The monoisotopic (exact) mass is 539 g/mol. The molecule has 0 spiro atoms. The second-order valence-corrected chi connectivity index (χ2v) is 10.3. The third-order valence-electron chi connectivity index (χ3n) is 5.65. The molecule has 0 unspecified atom stereocenters. The van der Waals surface area contributed by atoms with E-state index >= 15 is 0 Å². The number of sulfonamides is 1. The van der Waals surface area contributed by atoms with E-state index in [2.05, 4.69) is 15.3 Å². The van der Waals surface area contributed by atoms with Crippen LogP contribution in [0.25, 0.3) is 0 Å². The topological polar surface area (TPSA) is 124 Å². The number of hydrogen-bond acceptors (Lipinski definition) is 8. The van der Waals surface area contributed by atoms with Gasteiger partial charge in [0.1, 0.15) is 0 Å². The van der Waals surface area contributed by atoms with E-state index in [0.29, 0.717) is 16.8 Å². The zero-order valence-electron chi connectivity index (χ0n) is 21.7. The molecule has 0 bridgehead atoms. The number of methoxy groups -OCH3 is 2. The van der Waals surface area contributed by atoms with Crippen molar-refractivity contribution in [3.05, 3.63) is 88.5 Å². The second kappa shape index (κ2) is 12.2. The van der Waals surface area contributed by atoms with E-state index in [-0.39, 0.29) is 18.0 Å². The quantitative estimate of drug-likeness (QED) is 0.187. The Labute approximate surface area is 221 Å². The van der Waals surface area contributed by atoms with Gasteiger partial charge in [0.15, 0.2) is 11.5 Å². The van der Waals surface area contributed by atoms with E-state index in [0.717, 1.165) is 22.9 Å². The molecule has 0 saturated carbocycles. The van der Waals surface area contributed by atoms with Gasteiger partial charge >= 0.3 is 6.16 Å². The highest BCUT2D eigenvalue weighted by Crippen LogP contribution is 2.28. The molecule has 3 aromatic rings. The molecule has 0 aliphatic rings. The van der Waals surface area contributed by atoms with Crippen molar-refractivity contribution in [1.82, 2.24) is 5.43 Å². The van der Waals surface area contributed by atoms with E-state index in [1.807, 2.05) is 26.0 Å². The molecule has 0 saturated heterocycles. The van der Waals surface area contributed by atoms with Gasteiger partial charge < -0.3 is 14.2 Å². The molecule has 0 heterocycles. The van der Waals surface area contributed by atoms with Crippen LogP contribution in [-0.2, 0) is 21.3 Å². The average Bonchev–Trinajstić information content (AvgIpc) is 2.89. The number of carbonyl (C=O) groups excluding carboxylic acids is 2. The third-order valence-corrected chi connectivity index (χ3v) is 6.79. The zero-order valence-corrected chi connectivity index (χ0v) is 22.5. The Hall–Kier alpha value is -4.38. The van der Waals surface area contributed by atoms with Crippen LogP contribution in [-0.4, -0.2) is 47.2 Å². The number of anilines is 1. The first kappa shape index (κ1) is 28.2. The summed E-state index contributed by atoms with van der Waals surface area (Å²) in [5, 5.41) is 3.96. The van der Waals surface area contributed by atoms with Gasteiger partial charge in [-0.25, -0.2) is 18.6 Å². The fourth-order valence-electron chi connectivity index (χ4n) is 3.42. The minimum absolute atomic E-state index is 0.124. The fourth-order valence-corrected chi connectivity index (χ4v) is 4.30. The molecule has 3 rings (SSSR count). The first-order chi connectivity index (χ1) is 18.0. The fraction of sp³-hybridized carbons (Fsp3) is 0.222. The number of hydrazone groups is 1. The minimum Gasteiger partial charge on any atom is -0.493 e. The van der Waals surface area contributed by atoms with Crippen LogP contribution >= 0.6 is 0 Å². The Morgan fingerprint density at radius 3 is 2.26 bits per heavy atom. The molecule has 0 aliphatic heterocycles. The number of amides is 1. The first-order valence-electron chi connectivity index (χ1n) is 11.4. The number of benzene rings is 3. The van der Waals surface area contributed by atoms with Gasteiger partial charge in [-0.15, -0.1) is 0 Å². The summed E-state index contributed by atoms with van der Waals surface area (Å²) in [5.74, 6) is 0.0114.